The van der Waals surface area contributed by atoms with Crippen LogP contribution in [0.3, 0.4) is 0 Å². The van der Waals surface area contributed by atoms with Crippen molar-refractivity contribution in [1.82, 2.24) is 13.7 Å². The molecule has 0 amide bonds. The molecule has 24 aromatic rings. The number of hydrogen-bond donors (Lipinski definition) is 1. The van der Waals surface area contributed by atoms with E-state index in [1.54, 1.807) is 0 Å². The first-order valence-corrected chi connectivity index (χ1v) is 46.5. The van der Waals surface area contributed by atoms with Gasteiger partial charge in [-0.25, -0.2) is 0 Å². The van der Waals surface area contributed by atoms with E-state index in [0.717, 1.165) is 39.7 Å². The lowest BCUT2D eigenvalue weighted by atomic mass is 9.65. The average molecular weight is 1710 g/mol. The van der Waals surface area contributed by atoms with E-state index in [9.17, 15) is 0 Å². The number of nitrogens with one attached hydrogen (secondary N) is 1. The molecule has 1 atom stereocenters. The molecule has 4 aliphatic rings. The van der Waals surface area contributed by atoms with Crippen LogP contribution in [0.25, 0.3) is 138 Å². The van der Waals surface area contributed by atoms with Gasteiger partial charge in [0.2, 0.25) is 0 Å². The van der Waals surface area contributed by atoms with E-state index in [0.29, 0.717) is 0 Å². The van der Waals surface area contributed by atoms with Crippen molar-refractivity contribution in [2.24, 2.45) is 0 Å². The van der Waals surface area contributed by atoms with Crippen molar-refractivity contribution in [1.29, 1.82) is 0 Å². The van der Waals surface area contributed by atoms with Gasteiger partial charge in [-0.15, -0.1) is 0 Å². The minimum atomic E-state index is -0.616. The Kier molecular flexibility index (Phi) is 17.4. The zero-order valence-electron chi connectivity index (χ0n) is 73.3. The van der Waals surface area contributed by atoms with Crippen molar-refractivity contribution in [3.8, 4) is 72.7 Å². The number of nitrogens with zero attached hydrogens (tertiary/aromatic N) is 4. The molecule has 5 nitrogen and oxygen atoms in total. The molecule has 134 heavy (non-hydrogen) atoms. The fourth-order valence-corrected chi connectivity index (χ4v) is 24.0. The molecule has 4 heterocycles. The first-order valence-electron chi connectivity index (χ1n) is 46.5. The molecule has 0 radical (unpaired) electrons. The molecule has 5 heteroatoms. The molecule has 1 unspecified atom stereocenters. The molecule has 3 aromatic heterocycles. The van der Waals surface area contributed by atoms with E-state index in [1.165, 1.54) is 194 Å². The number of aromatic nitrogens is 3. The van der Waals surface area contributed by atoms with Gasteiger partial charge in [0.05, 0.1) is 60.7 Å². The first kappa shape index (κ1) is 76.6. The molecular formula is C129H85N5. The summed E-state index contributed by atoms with van der Waals surface area (Å²) in [5.41, 5.74) is 42.4. The Morgan fingerprint density at radius 2 is 0.552 bits per heavy atom. The molecule has 1 aliphatic heterocycles. The number of rotatable bonds is 13. The number of fused-ring (bicyclic) bond motifs is 24. The van der Waals surface area contributed by atoms with Crippen molar-refractivity contribution in [2.45, 2.75) is 16.2 Å². The molecular weight excluding hydrogens is 1620 g/mol. The fraction of sp³-hybridized carbons (Fsp3) is 0.0233. The van der Waals surface area contributed by atoms with Gasteiger partial charge in [0.1, 0.15) is 0 Å². The topological polar surface area (TPSA) is 30.1 Å². The predicted molar refractivity (Wildman–Crippen MR) is 557 cm³/mol. The largest absolute Gasteiger partial charge is 0.356 e. The van der Waals surface area contributed by atoms with Gasteiger partial charge >= 0.3 is 0 Å². The van der Waals surface area contributed by atoms with Crippen LogP contribution < -0.4 is 10.2 Å². The monoisotopic (exact) mass is 1700 g/mol. The Bertz CT molecular complexity index is 8740. The molecule has 626 valence electrons. The number of hydrogen-bond acceptors (Lipinski definition) is 2. The van der Waals surface area contributed by atoms with E-state index in [2.05, 4.69) is 533 Å². The minimum Gasteiger partial charge on any atom is -0.356 e. The maximum atomic E-state index is 3.75. The van der Waals surface area contributed by atoms with Crippen LogP contribution in [0.1, 0.15) is 66.8 Å². The van der Waals surface area contributed by atoms with Crippen LogP contribution >= 0.6 is 0 Å². The van der Waals surface area contributed by atoms with Crippen molar-refractivity contribution in [3.63, 3.8) is 0 Å². The van der Waals surface area contributed by atoms with Crippen molar-refractivity contribution < 1.29 is 0 Å². The van der Waals surface area contributed by atoms with Gasteiger partial charge in [-0.3, -0.25) is 0 Å². The summed E-state index contributed by atoms with van der Waals surface area (Å²) in [6, 6.07) is 189. The van der Waals surface area contributed by atoms with Crippen LogP contribution in [0.4, 0.5) is 28.4 Å². The molecule has 0 fully saturated rings. The lowest BCUT2D eigenvalue weighted by molar-refractivity contribution is 0.748. The molecule has 21 aromatic carbocycles. The fourth-order valence-electron chi connectivity index (χ4n) is 24.0. The highest BCUT2D eigenvalue weighted by Gasteiger charge is 2.53. The first-order chi connectivity index (χ1) is 66.5. The van der Waals surface area contributed by atoms with Crippen molar-refractivity contribution in [2.75, 3.05) is 10.2 Å². The van der Waals surface area contributed by atoms with Gasteiger partial charge in [-0.1, -0.05) is 382 Å². The summed E-state index contributed by atoms with van der Waals surface area (Å²) in [6.45, 7) is 0. The third-order valence-corrected chi connectivity index (χ3v) is 29.4. The van der Waals surface area contributed by atoms with Crippen LogP contribution in [0.2, 0.25) is 0 Å². The number of anilines is 5. The van der Waals surface area contributed by atoms with Gasteiger partial charge < -0.3 is 23.9 Å². The molecule has 0 saturated heterocycles. The van der Waals surface area contributed by atoms with Crippen LogP contribution in [-0.2, 0) is 16.2 Å². The Hall–Kier alpha value is -17.4. The Morgan fingerprint density at radius 3 is 1.08 bits per heavy atom. The van der Waals surface area contributed by atoms with Gasteiger partial charge in [0, 0.05) is 72.0 Å². The summed E-state index contributed by atoms with van der Waals surface area (Å²) >= 11 is 0. The summed E-state index contributed by atoms with van der Waals surface area (Å²) < 4.78 is 7.29. The van der Waals surface area contributed by atoms with Crippen LogP contribution in [-0.4, -0.2) is 13.7 Å². The lowest BCUT2D eigenvalue weighted by Crippen LogP contribution is -2.33. The standard InChI is InChI=1S/C80H51N3.C49H34N2/c1-4-22-54(23-5-1)79(55-24-6-2-7-25-55)66-33-14-10-28-59(66)60-48-47-58(51-71(60)79)81(57-45-42-52(43-46-57)53-44-49-74-65(50-53)62-30-13-17-38-72(62)82(74)56-26-8-3-9-27-56)76-41-21-36-69-77(76)64-31-11-15-34-67(64)80(69)68-35-16-19-40-75(68)83-73-39-18-12-29-61(73)63-32-20-37-70(80)78(63)83;1-4-14-36(15-5-1)49(37-16-6-2-7-17-37)45-22-12-10-20-41(45)42-30-29-39(33-46(42)49)50-38-27-24-34(25-28-38)35-26-31-48-44(32-35)43-21-11-13-23-47(43)51(48)40-18-8-3-9-19-40/h1-51H;1-33,50H. The second-order valence-corrected chi connectivity index (χ2v) is 36.0. The highest BCUT2D eigenvalue weighted by molar-refractivity contribution is 6.15. The SMILES string of the molecule is c1ccc(-n2c3ccccc3c3cc(-c4ccc(N(c5ccc6c(c5)C(c5ccccc5)(c5ccccc5)c5ccccc5-6)c5cccc6c5-c5ccccc5C65c6ccccc6-n6c7ccccc7c7cccc5c76)cc4)ccc32)cc1.c1ccc(-n2c3ccccc3c3cc(-c4ccc(Nc5ccc6c(c5)C(c5ccccc5)(c5ccccc5)c5ccccc5-6)cc4)ccc32)cc1. The third kappa shape index (κ3) is 11.2. The van der Waals surface area contributed by atoms with E-state index in [4.69, 9.17) is 0 Å². The second-order valence-electron chi connectivity index (χ2n) is 36.0. The van der Waals surface area contributed by atoms with E-state index < -0.39 is 16.2 Å². The van der Waals surface area contributed by atoms with Gasteiger partial charge in [-0.2, -0.15) is 0 Å². The van der Waals surface area contributed by atoms with E-state index >= 15 is 0 Å². The molecule has 0 saturated carbocycles. The van der Waals surface area contributed by atoms with Gasteiger partial charge in [-0.05, 0) is 244 Å². The molecule has 3 aliphatic carbocycles. The minimum absolute atomic E-state index is 0.418. The summed E-state index contributed by atoms with van der Waals surface area (Å²) in [5.74, 6) is 0. The predicted octanol–water partition coefficient (Wildman–Crippen LogP) is 32.6. The summed E-state index contributed by atoms with van der Waals surface area (Å²) in [7, 11) is 0. The molecule has 0 bridgehead atoms. The molecule has 1 N–H and O–H groups in total. The van der Waals surface area contributed by atoms with Crippen molar-refractivity contribution >= 4 is 93.9 Å². The highest BCUT2D eigenvalue weighted by Crippen LogP contribution is 2.65. The smallest absolute Gasteiger partial charge is 0.0755 e. The second kappa shape index (κ2) is 30.4. The normalized spacial score (nSPS) is 14.1. The van der Waals surface area contributed by atoms with Crippen LogP contribution in [0.5, 0.6) is 0 Å². The Morgan fingerprint density at radius 1 is 0.194 bits per heavy atom. The number of para-hydroxylation sites is 7. The quantitative estimate of drug-likeness (QED) is 0.125. The highest BCUT2D eigenvalue weighted by atomic mass is 15.1. The van der Waals surface area contributed by atoms with Gasteiger partial charge in [0.15, 0.2) is 0 Å². The molecule has 1 spiro atoms. The van der Waals surface area contributed by atoms with Crippen molar-refractivity contribution in [3.05, 3.63) is 576 Å². The average Bonchev–Trinajstić information content (AvgIpc) is 1.49. The maximum absolute atomic E-state index is 3.75. The number of benzene rings is 21. The zero-order chi connectivity index (χ0) is 88.2. The Balaban J connectivity index is 0.000000153. The lowest BCUT2D eigenvalue weighted by Gasteiger charge is -2.39. The molecule has 28 rings (SSSR count). The summed E-state index contributed by atoms with van der Waals surface area (Å²) in [5, 5.41) is 11.3. The van der Waals surface area contributed by atoms with E-state index in [-0.39, 0.29) is 0 Å². The summed E-state index contributed by atoms with van der Waals surface area (Å²) in [6.07, 6.45) is 0. The van der Waals surface area contributed by atoms with Crippen LogP contribution in [0.15, 0.2) is 510 Å². The summed E-state index contributed by atoms with van der Waals surface area (Å²) in [4.78, 5) is 2.56. The maximum Gasteiger partial charge on any atom is 0.0755 e. The van der Waals surface area contributed by atoms with Crippen LogP contribution in [0, 0.1) is 0 Å². The van der Waals surface area contributed by atoms with Gasteiger partial charge in [0.25, 0.3) is 0 Å². The zero-order valence-corrected chi connectivity index (χ0v) is 73.3. The third-order valence-electron chi connectivity index (χ3n) is 29.4. The van der Waals surface area contributed by atoms with E-state index in [1.807, 2.05) is 0 Å². The Labute approximate surface area is 777 Å².